The zero-order chi connectivity index (χ0) is 11.9. The highest BCUT2D eigenvalue weighted by Gasteiger charge is 1.98. The Balaban J connectivity index is 1.97. The molecule has 2 aromatic rings. The van der Waals surface area contributed by atoms with Gasteiger partial charge in [0.05, 0.1) is 12.2 Å². The molecule has 0 fully saturated rings. The van der Waals surface area contributed by atoms with Crippen LogP contribution in [0.2, 0.25) is 0 Å². The number of hydrogen-bond donors (Lipinski definition) is 1. The fourth-order valence-corrected chi connectivity index (χ4v) is 1.49. The van der Waals surface area contributed by atoms with Gasteiger partial charge in [0.15, 0.2) is 0 Å². The van der Waals surface area contributed by atoms with E-state index in [1.807, 2.05) is 12.1 Å². The van der Waals surface area contributed by atoms with Crippen LogP contribution >= 0.6 is 0 Å². The lowest BCUT2D eigenvalue weighted by molar-refractivity contribution is 0.870. The number of aromatic nitrogens is 4. The van der Waals surface area contributed by atoms with Crippen molar-refractivity contribution in [1.82, 2.24) is 19.9 Å². The predicted octanol–water partition coefficient (Wildman–Crippen LogP) is 1.83. The Hall–Kier alpha value is -2.04. The summed E-state index contributed by atoms with van der Waals surface area (Å²) < 4.78 is 0. The second-order valence-corrected chi connectivity index (χ2v) is 3.70. The van der Waals surface area contributed by atoms with Crippen molar-refractivity contribution in [3.8, 4) is 0 Å². The van der Waals surface area contributed by atoms with E-state index in [-0.39, 0.29) is 0 Å². The Labute approximate surface area is 100 Å². The summed E-state index contributed by atoms with van der Waals surface area (Å²) in [5.74, 6) is 0.835. The molecule has 17 heavy (non-hydrogen) atoms. The number of hydrogen-bond acceptors (Lipinski definition) is 5. The molecule has 0 bridgehead atoms. The van der Waals surface area contributed by atoms with Crippen LogP contribution in [-0.2, 0) is 13.0 Å². The van der Waals surface area contributed by atoms with E-state index in [9.17, 15) is 0 Å². The standard InChI is InChI=1S/C12H15N5/c1-2-3-10-6-12(17-9-16-10)14-7-11-4-5-13-8-15-11/h4-6,8-9H,2-3,7H2,1H3,(H,14,16,17). The molecule has 0 aliphatic carbocycles. The van der Waals surface area contributed by atoms with Crippen molar-refractivity contribution >= 4 is 5.82 Å². The van der Waals surface area contributed by atoms with Gasteiger partial charge in [0.1, 0.15) is 18.5 Å². The summed E-state index contributed by atoms with van der Waals surface area (Å²) in [7, 11) is 0. The third-order valence-electron chi connectivity index (χ3n) is 2.32. The van der Waals surface area contributed by atoms with Crippen molar-refractivity contribution in [3.63, 3.8) is 0 Å². The summed E-state index contributed by atoms with van der Waals surface area (Å²) in [6.07, 6.45) is 6.92. The fraction of sp³-hybridized carbons (Fsp3) is 0.333. The molecule has 1 N–H and O–H groups in total. The Bertz CT molecular complexity index is 457. The molecule has 2 rings (SSSR count). The van der Waals surface area contributed by atoms with E-state index in [0.29, 0.717) is 6.54 Å². The number of rotatable bonds is 5. The second kappa shape index (κ2) is 5.89. The van der Waals surface area contributed by atoms with Gasteiger partial charge < -0.3 is 5.32 Å². The van der Waals surface area contributed by atoms with Gasteiger partial charge in [-0.1, -0.05) is 13.3 Å². The third kappa shape index (κ3) is 3.48. The lowest BCUT2D eigenvalue weighted by atomic mass is 10.2. The van der Waals surface area contributed by atoms with Crippen molar-refractivity contribution in [1.29, 1.82) is 0 Å². The lowest BCUT2D eigenvalue weighted by Gasteiger charge is -2.05. The van der Waals surface area contributed by atoms with E-state index in [4.69, 9.17) is 0 Å². The summed E-state index contributed by atoms with van der Waals surface area (Å²) in [6, 6.07) is 3.85. The van der Waals surface area contributed by atoms with Crippen molar-refractivity contribution in [2.75, 3.05) is 5.32 Å². The van der Waals surface area contributed by atoms with Crippen LogP contribution < -0.4 is 5.32 Å². The van der Waals surface area contributed by atoms with Crippen molar-refractivity contribution in [2.45, 2.75) is 26.3 Å². The monoisotopic (exact) mass is 229 g/mol. The quantitative estimate of drug-likeness (QED) is 0.847. The van der Waals surface area contributed by atoms with Gasteiger partial charge in [0, 0.05) is 18.0 Å². The van der Waals surface area contributed by atoms with Crippen LogP contribution in [0, 0.1) is 0 Å². The first-order valence-electron chi connectivity index (χ1n) is 5.68. The second-order valence-electron chi connectivity index (χ2n) is 3.70. The molecule has 0 spiro atoms. The first-order chi connectivity index (χ1) is 8.38. The summed E-state index contributed by atoms with van der Waals surface area (Å²) in [5, 5.41) is 3.22. The van der Waals surface area contributed by atoms with E-state index in [1.165, 1.54) is 0 Å². The van der Waals surface area contributed by atoms with Crippen molar-refractivity contribution in [3.05, 3.63) is 42.4 Å². The highest BCUT2D eigenvalue weighted by molar-refractivity contribution is 5.35. The molecule has 0 aliphatic heterocycles. The summed E-state index contributed by atoms with van der Waals surface area (Å²) >= 11 is 0. The molecule has 2 aromatic heterocycles. The average molecular weight is 229 g/mol. The molecule has 0 atom stereocenters. The van der Waals surface area contributed by atoms with E-state index >= 15 is 0 Å². The SMILES string of the molecule is CCCc1cc(NCc2ccncn2)ncn1. The molecule has 0 saturated heterocycles. The summed E-state index contributed by atoms with van der Waals surface area (Å²) in [5.41, 5.74) is 2.00. The first-order valence-corrected chi connectivity index (χ1v) is 5.68. The molecule has 88 valence electrons. The number of nitrogens with zero attached hydrogens (tertiary/aromatic N) is 4. The zero-order valence-electron chi connectivity index (χ0n) is 9.80. The van der Waals surface area contributed by atoms with Gasteiger partial charge in [-0.25, -0.2) is 19.9 Å². The average Bonchev–Trinajstić information content (AvgIpc) is 2.39. The van der Waals surface area contributed by atoms with Crippen LogP contribution in [0.3, 0.4) is 0 Å². The third-order valence-corrected chi connectivity index (χ3v) is 2.32. The minimum Gasteiger partial charge on any atom is -0.364 e. The fourth-order valence-electron chi connectivity index (χ4n) is 1.49. The largest absolute Gasteiger partial charge is 0.364 e. The van der Waals surface area contributed by atoms with Crippen LogP contribution in [0.5, 0.6) is 0 Å². The minimum atomic E-state index is 0.644. The molecule has 0 amide bonds. The van der Waals surface area contributed by atoms with Gasteiger partial charge in [-0.3, -0.25) is 0 Å². The van der Waals surface area contributed by atoms with Crippen LogP contribution in [0.15, 0.2) is 31.0 Å². The van der Waals surface area contributed by atoms with Gasteiger partial charge in [-0.15, -0.1) is 0 Å². The topological polar surface area (TPSA) is 63.6 Å². The van der Waals surface area contributed by atoms with Crippen LogP contribution in [0.25, 0.3) is 0 Å². The molecule has 5 heteroatoms. The van der Waals surface area contributed by atoms with E-state index in [0.717, 1.165) is 30.0 Å². The maximum Gasteiger partial charge on any atom is 0.129 e. The highest BCUT2D eigenvalue weighted by Crippen LogP contribution is 2.07. The molecular weight excluding hydrogens is 214 g/mol. The summed E-state index contributed by atoms with van der Waals surface area (Å²) in [6.45, 7) is 2.78. The lowest BCUT2D eigenvalue weighted by Crippen LogP contribution is -2.04. The van der Waals surface area contributed by atoms with Crippen LogP contribution in [-0.4, -0.2) is 19.9 Å². The summed E-state index contributed by atoms with van der Waals surface area (Å²) in [4.78, 5) is 16.4. The molecule has 2 heterocycles. The van der Waals surface area contributed by atoms with E-state index in [1.54, 1.807) is 18.9 Å². The number of nitrogens with one attached hydrogen (secondary N) is 1. The van der Waals surface area contributed by atoms with Gasteiger partial charge in [-0.05, 0) is 12.5 Å². The van der Waals surface area contributed by atoms with E-state index < -0.39 is 0 Å². The Kier molecular flexibility index (Phi) is 3.96. The normalized spacial score (nSPS) is 10.2. The van der Waals surface area contributed by atoms with Crippen LogP contribution in [0.1, 0.15) is 24.7 Å². The van der Waals surface area contributed by atoms with Gasteiger partial charge in [0.25, 0.3) is 0 Å². The van der Waals surface area contributed by atoms with Crippen LogP contribution in [0.4, 0.5) is 5.82 Å². The number of aryl methyl sites for hydroxylation is 1. The molecular formula is C12H15N5. The Morgan fingerprint density at radius 3 is 2.76 bits per heavy atom. The molecule has 0 saturated carbocycles. The molecule has 0 radical (unpaired) electrons. The predicted molar refractivity (Wildman–Crippen MR) is 65.4 cm³/mol. The Morgan fingerprint density at radius 2 is 2.00 bits per heavy atom. The highest BCUT2D eigenvalue weighted by atomic mass is 15.0. The maximum absolute atomic E-state index is 4.21. The zero-order valence-corrected chi connectivity index (χ0v) is 9.80. The molecule has 0 aromatic carbocycles. The van der Waals surface area contributed by atoms with Gasteiger partial charge in [0.2, 0.25) is 0 Å². The minimum absolute atomic E-state index is 0.644. The van der Waals surface area contributed by atoms with Crippen molar-refractivity contribution in [2.24, 2.45) is 0 Å². The molecule has 5 nitrogen and oxygen atoms in total. The Morgan fingerprint density at radius 1 is 1.12 bits per heavy atom. The van der Waals surface area contributed by atoms with E-state index in [2.05, 4.69) is 32.2 Å². The van der Waals surface area contributed by atoms with Gasteiger partial charge in [-0.2, -0.15) is 0 Å². The number of anilines is 1. The van der Waals surface area contributed by atoms with Crippen molar-refractivity contribution < 1.29 is 0 Å². The first kappa shape index (κ1) is 11.4. The van der Waals surface area contributed by atoms with Gasteiger partial charge >= 0.3 is 0 Å². The maximum atomic E-state index is 4.21. The molecule has 0 unspecified atom stereocenters. The molecule has 0 aliphatic rings. The smallest absolute Gasteiger partial charge is 0.129 e.